The highest BCUT2D eigenvalue weighted by atomic mass is 16.5. The van der Waals surface area contributed by atoms with Crippen LogP contribution in [0.15, 0.2) is 47.1 Å². The summed E-state index contributed by atoms with van der Waals surface area (Å²) < 4.78 is 7.21. The first-order valence-corrected chi connectivity index (χ1v) is 7.79. The summed E-state index contributed by atoms with van der Waals surface area (Å²) >= 11 is 0. The van der Waals surface area contributed by atoms with Crippen molar-refractivity contribution in [2.45, 2.75) is 13.8 Å². The number of carbonyl (C=O) groups excluding carboxylic acids is 1. The van der Waals surface area contributed by atoms with Crippen molar-refractivity contribution in [3.05, 3.63) is 59.6 Å². The van der Waals surface area contributed by atoms with Crippen LogP contribution >= 0.6 is 0 Å². The predicted octanol–water partition coefficient (Wildman–Crippen LogP) is 3.82. The van der Waals surface area contributed by atoms with Crippen LogP contribution in [0.5, 0.6) is 5.75 Å². The largest absolute Gasteiger partial charge is 0.508 e. The van der Waals surface area contributed by atoms with Crippen molar-refractivity contribution in [2.24, 2.45) is 0 Å². The predicted molar refractivity (Wildman–Crippen MR) is 93.1 cm³/mol. The van der Waals surface area contributed by atoms with Crippen LogP contribution in [0.4, 0.5) is 0 Å². The standard InChI is InChI=1S/C19H15N3O3/c1-11-17(12(2)25-21-11)18-16(10-23)15-4-3-9-20-19(15)22(18)13-5-7-14(24)8-6-13/h3-10,24H,1-2H3. The minimum absolute atomic E-state index is 0.169. The molecule has 6 heteroatoms. The van der Waals surface area contributed by atoms with Crippen LogP contribution in [-0.4, -0.2) is 26.1 Å². The average Bonchev–Trinajstić information content (AvgIpc) is 3.12. The monoisotopic (exact) mass is 333 g/mol. The van der Waals surface area contributed by atoms with Crippen molar-refractivity contribution in [3.63, 3.8) is 0 Å². The number of nitrogens with zero attached hydrogens (tertiary/aromatic N) is 3. The first-order chi connectivity index (χ1) is 12.1. The number of rotatable bonds is 3. The first kappa shape index (κ1) is 15.1. The SMILES string of the molecule is Cc1noc(C)c1-c1c(C=O)c2cccnc2n1-c1ccc(O)cc1. The molecule has 0 saturated carbocycles. The number of fused-ring (bicyclic) bond motifs is 1. The van der Waals surface area contributed by atoms with Gasteiger partial charge in [0, 0.05) is 17.3 Å². The average molecular weight is 333 g/mol. The molecule has 0 amide bonds. The van der Waals surface area contributed by atoms with Crippen molar-refractivity contribution in [3.8, 4) is 22.7 Å². The highest BCUT2D eigenvalue weighted by Crippen LogP contribution is 2.37. The quantitative estimate of drug-likeness (QED) is 0.577. The van der Waals surface area contributed by atoms with E-state index in [1.54, 1.807) is 36.5 Å². The second-order valence-corrected chi connectivity index (χ2v) is 5.81. The fourth-order valence-electron chi connectivity index (χ4n) is 3.18. The van der Waals surface area contributed by atoms with Crippen LogP contribution in [0.1, 0.15) is 21.8 Å². The molecule has 4 rings (SSSR count). The lowest BCUT2D eigenvalue weighted by molar-refractivity contribution is 0.112. The van der Waals surface area contributed by atoms with E-state index in [1.165, 1.54) is 0 Å². The molecule has 0 bridgehead atoms. The lowest BCUT2D eigenvalue weighted by atomic mass is 10.1. The van der Waals surface area contributed by atoms with Crippen LogP contribution in [-0.2, 0) is 0 Å². The van der Waals surface area contributed by atoms with Crippen molar-refractivity contribution in [2.75, 3.05) is 0 Å². The molecule has 25 heavy (non-hydrogen) atoms. The number of aldehydes is 1. The molecule has 4 aromatic rings. The Balaban J connectivity index is 2.18. The summed E-state index contributed by atoms with van der Waals surface area (Å²) in [7, 11) is 0. The lowest BCUT2D eigenvalue weighted by Crippen LogP contribution is -2.00. The molecule has 0 saturated heterocycles. The lowest BCUT2D eigenvalue weighted by Gasteiger charge is -2.11. The minimum atomic E-state index is 0.169. The molecule has 0 fully saturated rings. The van der Waals surface area contributed by atoms with Crippen molar-refractivity contribution >= 4 is 17.3 Å². The van der Waals surface area contributed by atoms with Crippen molar-refractivity contribution < 1.29 is 14.4 Å². The maximum Gasteiger partial charge on any atom is 0.152 e. The zero-order valence-corrected chi connectivity index (χ0v) is 13.7. The summed E-state index contributed by atoms with van der Waals surface area (Å²) in [6.07, 6.45) is 2.52. The molecule has 1 aromatic carbocycles. The number of hydrogen-bond acceptors (Lipinski definition) is 5. The normalized spacial score (nSPS) is 11.1. The molecule has 0 aliphatic carbocycles. The zero-order chi connectivity index (χ0) is 17.6. The maximum atomic E-state index is 11.9. The smallest absolute Gasteiger partial charge is 0.152 e. The number of aromatic hydroxyl groups is 1. The van der Waals surface area contributed by atoms with Crippen molar-refractivity contribution in [1.29, 1.82) is 0 Å². The van der Waals surface area contributed by atoms with E-state index in [0.717, 1.165) is 22.9 Å². The Morgan fingerprint density at radius 3 is 2.56 bits per heavy atom. The molecule has 1 N–H and O–H groups in total. The number of phenols is 1. The van der Waals surface area contributed by atoms with Crippen LogP contribution < -0.4 is 0 Å². The van der Waals surface area contributed by atoms with Crippen LogP contribution in [0.25, 0.3) is 28.0 Å². The van der Waals surface area contributed by atoms with E-state index in [1.807, 2.05) is 24.5 Å². The van der Waals surface area contributed by atoms with Crippen LogP contribution in [0.2, 0.25) is 0 Å². The molecule has 0 aliphatic rings. The summed E-state index contributed by atoms with van der Waals surface area (Å²) in [6, 6.07) is 10.4. The molecule has 124 valence electrons. The third-order valence-electron chi connectivity index (χ3n) is 4.26. The second kappa shape index (κ2) is 5.59. The van der Waals surface area contributed by atoms with Gasteiger partial charge in [0.15, 0.2) is 6.29 Å². The highest BCUT2D eigenvalue weighted by molar-refractivity contribution is 6.05. The third kappa shape index (κ3) is 2.22. The Labute approximate surface area is 143 Å². The Morgan fingerprint density at radius 2 is 1.92 bits per heavy atom. The zero-order valence-electron chi connectivity index (χ0n) is 13.7. The van der Waals surface area contributed by atoms with Gasteiger partial charge in [-0.3, -0.25) is 9.36 Å². The number of hydrogen-bond donors (Lipinski definition) is 1. The molecule has 0 unspecified atom stereocenters. The van der Waals surface area contributed by atoms with E-state index in [0.29, 0.717) is 28.4 Å². The van der Waals surface area contributed by atoms with E-state index >= 15 is 0 Å². The summed E-state index contributed by atoms with van der Waals surface area (Å²) in [5.41, 5.74) is 4.13. The van der Waals surface area contributed by atoms with E-state index in [2.05, 4.69) is 10.1 Å². The van der Waals surface area contributed by atoms with Gasteiger partial charge in [-0.2, -0.15) is 0 Å². The molecule has 3 heterocycles. The summed E-state index contributed by atoms with van der Waals surface area (Å²) in [6.45, 7) is 3.66. The van der Waals surface area contributed by atoms with Gasteiger partial charge in [-0.05, 0) is 50.2 Å². The van der Waals surface area contributed by atoms with Gasteiger partial charge >= 0.3 is 0 Å². The number of phenolic OH excluding ortho intramolecular Hbond substituents is 1. The molecule has 0 atom stereocenters. The first-order valence-electron chi connectivity index (χ1n) is 7.79. The molecule has 0 radical (unpaired) electrons. The van der Waals surface area contributed by atoms with E-state index < -0.39 is 0 Å². The van der Waals surface area contributed by atoms with Gasteiger partial charge in [0.25, 0.3) is 0 Å². The molecular formula is C19H15N3O3. The van der Waals surface area contributed by atoms with Gasteiger partial charge in [-0.15, -0.1) is 0 Å². The van der Waals surface area contributed by atoms with Gasteiger partial charge in [0.1, 0.15) is 17.2 Å². The number of carbonyl (C=O) groups is 1. The Morgan fingerprint density at radius 1 is 1.16 bits per heavy atom. The molecular weight excluding hydrogens is 318 g/mol. The third-order valence-corrected chi connectivity index (χ3v) is 4.26. The Bertz CT molecular complexity index is 1070. The number of benzene rings is 1. The van der Waals surface area contributed by atoms with Crippen molar-refractivity contribution in [1.82, 2.24) is 14.7 Å². The topological polar surface area (TPSA) is 81.2 Å². The fraction of sp³-hybridized carbons (Fsp3) is 0.105. The summed E-state index contributed by atoms with van der Waals surface area (Å²) in [5, 5.41) is 14.4. The van der Waals surface area contributed by atoms with Gasteiger partial charge in [-0.25, -0.2) is 4.98 Å². The van der Waals surface area contributed by atoms with Gasteiger partial charge in [-0.1, -0.05) is 5.16 Å². The molecule has 6 nitrogen and oxygen atoms in total. The molecule has 0 aliphatic heterocycles. The second-order valence-electron chi connectivity index (χ2n) is 5.81. The summed E-state index contributed by atoms with van der Waals surface area (Å²) in [5.74, 6) is 0.797. The van der Waals surface area contributed by atoms with Gasteiger partial charge in [0.2, 0.25) is 0 Å². The summed E-state index contributed by atoms with van der Waals surface area (Å²) in [4.78, 5) is 16.4. The van der Waals surface area contributed by atoms with E-state index in [9.17, 15) is 9.90 Å². The Hall–Kier alpha value is -3.41. The van der Waals surface area contributed by atoms with Gasteiger partial charge in [0.05, 0.1) is 22.5 Å². The van der Waals surface area contributed by atoms with E-state index in [4.69, 9.17) is 4.52 Å². The number of aromatic nitrogens is 3. The van der Waals surface area contributed by atoms with Gasteiger partial charge < -0.3 is 9.63 Å². The van der Waals surface area contributed by atoms with Crippen LogP contribution in [0, 0.1) is 13.8 Å². The maximum absolute atomic E-state index is 11.9. The van der Waals surface area contributed by atoms with E-state index in [-0.39, 0.29) is 5.75 Å². The minimum Gasteiger partial charge on any atom is -0.508 e. The number of pyridine rings is 1. The molecule has 0 spiro atoms. The fourth-order valence-corrected chi connectivity index (χ4v) is 3.18. The number of aryl methyl sites for hydroxylation is 2. The van der Waals surface area contributed by atoms with Crippen LogP contribution in [0.3, 0.4) is 0 Å². The Kier molecular flexibility index (Phi) is 3.39. The highest BCUT2D eigenvalue weighted by Gasteiger charge is 2.25. The molecule has 3 aromatic heterocycles.